The van der Waals surface area contributed by atoms with Gasteiger partial charge in [0.15, 0.2) is 0 Å². The van der Waals surface area contributed by atoms with E-state index in [0.717, 1.165) is 11.5 Å². The first-order valence-corrected chi connectivity index (χ1v) is 9.56. The Hall–Kier alpha value is -3.02. The first kappa shape index (κ1) is 19.7. The average molecular weight is 382 g/mol. The van der Waals surface area contributed by atoms with Gasteiger partial charge >= 0.3 is 0 Å². The van der Waals surface area contributed by atoms with Crippen molar-refractivity contribution in [3.8, 4) is 11.5 Å². The third-order valence-corrected chi connectivity index (χ3v) is 4.80. The molecule has 2 aromatic carbocycles. The Morgan fingerprint density at radius 1 is 0.857 bits per heavy atom. The summed E-state index contributed by atoms with van der Waals surface area (Å²) < 4.78 is 10.7. The Labute approximate surface area is 165 Å². The van der Waals surface area contributed by atoms with Crippen LogP contribution in [-0.2, 0) is 4.79 Å². The minimum atomic E-state index is -0.00832. The minimum Gasteiger partial charge on any atom is -0.497 e. The molecular weight excluding hydrogens is 356 g/mol. The normalized spacial score (nSPS) is 13.9. The molecule has 0 unspecified atom stereocenters. The molecule has 0 N–H and O–H groups in total. The average Bonchev–Trinajstić information content (AvgIpc) is 2.77. The van der Waals surface area contributed by atoms with E-state index in [-0.39, 0.29) is 11.8 Å². The van der Waals surface area contributed by atoms with Crippen LogP contribution in [0.3, 0.4) is 0 Å². The summed E-state index contributed by atoms with van der Waals surface area (Å²) >= 11 is 0. The van der Waals surface area contributed by atoms with E-state index < -0.39 is 0 Å². The number of nitrogens with zero attached hydrogens (tertiary/aromatic N) is 2. The van der Waals surface area contributed by atoms with Crippen molar-refractivity contribution in [2.24, 2.45) is 0 Å². The number of methoxy groups -OCH3 is 1. The van der Waals surface area contributed by atoms with Gasteiger partial charge in [0.1, 0.15) is 11.5 Å². The molecule has 1 fully saturated rings. The maximum absolute atomic E-state index is 12.6. The maximum atomic E-state index is 12.6. The van der Waals surface area contributed by atoms with Gasteiger partial charge in [-0.15, -0.1) is 0 Å². The van der Waals surface area contributed by atoms with Gasteiger partial charge in [-0.2, -0.15) is 0 Å². The van der Waals surface area contributed by atoms with Crippen LogP contribution in [0.1, 0.15) is 23.2 Å². The van der Waals surface area contributed by atoms with E-state index in [1.807, 2.05) is 35.2 Å². The summed E-state index contributed by atoms with van der Waals surface area (Å²) in [7, 11) is 1.60. The van der Waals surface area contributed by atoms with Gasteiger partial charge in [0.2, 0.25) is 5.91 Å². The SMILES string of the molecule is COc1ccc(C(=O)N2CCN(C(=O)CCCOc3ccccc3)CC2)cc1. The summed E-state index contributed by atoms with van der Waals surface area (Å²) in [4.78, 5) is 28.6. The molecule has 1 heterocycles. The second-order valence-corrected chi connectivity index (χ2v) is 6.67. The summed E-state index contributed by atoms with van der Waals surface area (Å²) in [5.41, 5.74) is 0.638. The predicted molar refractivity (Wildman–Crippen MR) is 107 cm³/mol. The molecule has 0 aliphatic carbocycles. The third kappa shape index (κ3) is 5.25. The molecule has 6 heteroatoms. The molecule has 2 aromatic rings. The second kappa shape index (κ2) is 9.78. The summed E-state index contributed by atoms with van der Waals surface area (Å²) in [6.07, 6.45) is 1.14. The van der Waals surface area contributed by atoms with Crippen molar-refractivity contribution in [2.75, 3.05) is 39.9 Å². The van der Waals surface area contributed by atoms with Gasteiger partial charge in [-0.05, 0) is 42.8 Å². The molecule has 0 bridgehead atoms. The van der Waals surface area contributed by atoms with E-state index in [1.54, 1.807) is 36.3 Å². The number of hydrogen-bond acceptors (Lipinski definition) is 4. The molecule has 1 aliphatic rings. The molecule has 0 saturated carbocycles. The minimum absolute atomic E-state index is 0.00832. The van der Waals surface area contributed by atoms with Crippen molar-refractivity contribution < 1.29 is 19.1 Å². The standard InChI is InChI=1S/C22H26N2O4/c1-27-19-11-9-18(10-12-19)22(26)24-15-13-23(14-16-24)21(25)8-5-17-28-20-6-3-2-4-7-20/h2-4,6-7,9-12H,5,8,13-17H2,1H3. The molecule has 0 radical (unpaired) electrons. The monoisotopic (exact) mass is 382 g/mol. The fraction of sp³-hybridized carbons (Fsp3) is 0.364. The molecule has 0 atom stereocenters. The first-order valence-electron chi connectivity index (χ1n) is 9.56. The van der Waals surface area contributed by atoms with Crippen molar-refractivity contribution >= 4 is 11.8 Å². The quantitative estimate of drug-likeness (QED) is 0.691. The van der Waals surface area contributed by atoms with Crippen LogP contribution in [0.15, 0.2) is 54.6 Å². The highest BCUT2D eigenvalue weighted by Crippen LogP contribution is 2.15. The molecule has 1 saturated heterocycles. The van der Waals surface area contributed by atoms with E-state index >= 15 is 0 Å². The number of para-hydroxylation sites is 1. The molecule has 28 heavy (non-hydrogen) atoms. The number of rotatable bonds is 7. The lowest BCUT2D eigenvalue weighted by molar-refractivity contribution is -0.132. The molecular formula is C22H26N2O4. The Bertz CT molecular complexity index is 769. The number of benzene rings is 2. The number of carbonyl (C=O) groups excluding carboxylic acids is 2. The zero-order valence-corrected chi connectivity index (χ0v) is 16.2. The lowest BCUT2D eigenvalue weighted by Crippen LogP contribution is -2.50. The number of hydrogen-bond donors (Lipinski definition) is 0. The Kier molecular flexibility index (Phi) is 6.89. The zero-order chi connectivity index (χ0) is 19.8. The van der Waals surface area contributed by atoms with Gasteiger partial charge in [0.05, 0.1) is 13.7 Å². The van der Waals surface area contributed by atoms with Gasteiger partial charge in [-0.25, -0.2) is 0 Å². The third-order valence-electron chi connectivity index (χ3n) is 4.80. The van der Waals surface area contributed by atoms with E-state index in [2.05, 4.69) is 0 Å². The molecule has 1 aliphatic heterocycles. The highest BCUT2D eigenvalue weighted by molar-refractivity contribution is 5.94. The van der Waals surface area contributed by atoms with Crippen molar-refractivity contribution in [3.05, 3.63) is 60.2 Å². The van der Waals surface area contributed by atoms with Crippen LogP contribution in [0.2, 0.25) is 0 Å². The largest absolute Gasteiger partial charge is 0.497 e. The van der Waals surface area contributed by atoms with Gasteiger partial charge in [0, 0.05) is 38.2 Å². The van der Waals surface area contributed by atoms with Crippen LogP contribution in [0.5, 0.6) is 11.5 Å². The Morgan fingerprint density at radius 2 is 1.50 bits per heavy atom. The topological polar surface area (TPSA) is 59.1 Å². The first-order chi connectivity index (χ1) is 13.7. The van der Waals surface area contributed by atoms with Crippen LogP contribution in [0.4, 0.5) is 0 Å². The Balaban J connectivity index is 1.39. The van der Waals surface area contributed by atoms with Crippen molar-refractivity contribution in [1.82, 2.24) is 9.80 Å². The molecule has 6 nitrogen and oxygen atoms in total. The van der Waals surface area contributed by atoms with E-state index in [0.29, 0.717) is 51.2 Å². The summed E-state index contributed by atoms with van der Waals surface area (Å²) in [6, 6.07) is 16.7. The number of piperazine rings is 1. The second-order valence-electron chi connectivity index (χ2n) is 6.67. The van der Waals surface area contributed by atoms with E-state index in [1.165, 1.54) is 0 Å². The predicted octanol–water partition coefficient (Wildman–Crippen LogP) is 2.84. The molecule has 0 spiro atoms. The number of amides is 2. The highest BCUT2D eigenvalue weighted by Gasteiger charge is 2.24. The van der Waals surface area contributed by atoms with Crippen molar-refractivity contribution in [2.45, 2.75) is 12.8 Å². The molecule has 148 valence electrons. The molecule has 3 rings (SSSR count). The van der Waals surface area contributed by atoms with Gasteiger partial charge in [-0.1, -0.05) is 18.2 Å². The highest BCUT2D eigenvalue weighted by atomic mass is 16.5. The fourth-order valence-electron chi connectivity index (χ4n) is 3.16. The van der Waals surface area contributed by atoms with Gasteiger partial charge in [-0.3, -0.25) is 9.59 Å². The van der Waals surface area contributed by atoms with E-state index in [4.69, 9.17) is 9.47 Å². The maximum Gasteiger partial charge on any atom is 0.253 e. The summed E-state index contributed by atoms with van der Waals surface area (Å²) in [5.74, 6) is 1.66. The zero-order valence-electron chi connectivity index (χ0n) is 16.2. The number of ether oxygens (including phenoxy) is 2. The molecule has 2 amide bonds. The smallest absolute Gasteiger partial charge is 0.253 e. The van der Waals surface area contributed by atoms with E-state index in [9.17, 15) is 9.59 Å². The van der Waals surface area contributed by atoms with Crippen molar-refractivity contribution in [1.29, 1.82) is 0 Å². The van der Waals surface area contributed by atoms with Crippen LogP contribution in [0.25, 0.3) is 0 Å². The molecule has 0 aromatic heterocycles. The summed E-state index contributed by atoms with van der Waals surface area (Å²) in [6.45, 7) is 2.76. The number of carbonyl (C=O) groups is 2. The van der Waals surface area contributed by atoms with Gasteiger partial charge < -0.3 is 19.3 Å². The van der Waals surface area contributed by atoms with Crippen LogP contribution in [0, 0.1) is 0 Å². The van der Waals surface area contributed by atoms with Crippen LogP contribution >= 0.6 is 0 Å². The van der Waals surface area contributed by atoms with Crippen molar-refractivity contribution in [3.63, 3.8) is 0 Å². The fourth-order valence-corrected chi connectivity index (χ4v) is 3.16. The lowest BCUT2D eigenvalue weighted by atomic mass is 10.1. The lowest BCUT2D eigenvalue weighted by Gasteiger charge is -2.35. The summed E-state index contributed by atoms with van der Waals surface area (Å²) in [5, 5.41) is 0. The Morgan fingerprint density at radius 3 is 2.14 bits per heavy atom. The van der Waals surface area contributed by atoms with Crippen LogP contribution < -0.4 is 9.47 Å². The van der Waals surface area contributed by atoms with Gasteiger partial charge in [0.25, 0.3) is 5.91 Å². The van der Waals surface area contributed by atoms with Crippen LogP contribution in [-0.4, -0.2) is 61.5 Å².